The maximum absolute atomic E-state index is 13.2. The molecule has 4 rings (SSSR count). The number of benzene rings is 2. The summed E-state index contributed by atoms with van der Waals surface area (Å²) >= 11 is 0. The maximum Gasteiger partial charge on any atom is 0.243 e. The molecule has 2 aromatic rings. The minimum Gasteiger partial charge on any atom is -0.494 e. The predicted molar refractivity (Wildman–Crippen MR) is 120 cm³/mol. The number of rotatable bonds is 6. The summed E-state index contributed by atoms with van der Waals surface area (Å²) in [5, 5.41) is 2.89. The molecule has 0 radical (unpaired) electrons. The molecule has 1 atom stereocenters. The average molecular weight is 461 g/mol. The molecule has 32 heavy (non-hydrogen) atoms. The van der Waals surface area contributed by atoms with Gasteiger partial charge in [-0.3, -0.25) is 4.79 Å². The maximum atomic E-state index is 13.2. The molecule has 1 N–H and O–H groups in total. The van der Waals surface area contributed by atoms with Gasteiger partial charge in [0.2, 0.25) is 15.9 Å². The van der Waals surface area contributed by atoms with Crippen LogP contribution >= 0.6 is 0 Å². The number of sulfonamides is 1. The Hall–Kier alpha value is -2.78. The molecular weight excluding hydrogens is 432 g/mol. The Labute approximate surface area is 188 Å². The van der Waals surface area contributed by atoms with Crippen LogP contribution in [0, 0.1) is 12.8 Å². The largest absolute Gasteiger partial charge is 0.494 e. The second kappa shape index (κ2) is 9.38. The van der Waals surface area contributed by atoms with E-state index in [1.165, 1.54) is 4.31 Å². The Bertz CT molecular complexity index is 1100. The first-order valence-electron chi connectivity index (χ1n) is 10.8. The van der Waals surface area contributed by atoms with Crippen LogP contribution in [0.5, 0.6) is 17.2 Å². The molecule has 0 aliphatic carbocycles. The fourth-order valence-electron chi connectivity index (χ4n) is 3.99. The van der Waals surface area contributed by atoms with Crippen molar-refractivity contribution in [3.05, 3.63) is 42.0 Å². The summed E-state index contributed by atoms with van der Waals surface area (Å²) in [4.78, 5) is 13.1. The number of carbonyl (C=O) groups excluding carboxylic acids is 1. The highest BCUT2D eigenvalue weighted by atomic mass is 32.2. The van der Waals surface area contributed by atoms with E-state index in [1.54, 1.807) is 36.4 Å². The van der Waals surface area contributed by atoms with E-state index in [1.807, 2.05) is 13.8 Å². The van der Waals surface area contributed by atoms with E-state index in [2.05, 4.69) is 5.32 Å². The number of aryl methyl sites for hydroxylation is 1. The Kier molecular flexibility index (Phi) is 6.57. The molecule has 0 aromatic heterocycles. The van der Waals surface area contributed by atoms with E-state index in [0.717, 1.165) is 5.56 Å². The fraction of sp³-hybridized carbons (Fsp3) is 0.435. The van der Waals surface area contributed by atoms with E-state index in [4.69, 9.17) is 14.2 Å². The summed E-state index contributed by atoms with van der Waals surface area (Å²) in [5.41, 5.74) is 1.36. The number of ether oxygens (including phenoxy) is 3. The van der Waals surface area contributed by atoms with Crippen LogP contribution in [-0.4, -0.2) is 51.5 Å². The van der Waals surface area contributed by atoms with Gasteiger partial charge in [0.25, 0.3) is 0 Å². The van der Waals surface area contributed by atoms with Gasteiger partial charge in [-0.1, -0.05) is 0 Å². The number of amides is 1. The summed E-state index contributed by atoms with van der Waals surface area (Å²) < 4.78 is 44.4. The van der Waals surface area contributed by atoms with Crippen LogP contribution in [0.3, 0.4) is 0 Å². The third kappa shape index (κ3) is 4.68. The summed E-state index contributed by atoms with van der Waals surface area (Å²) in [6, 6.07) is 10.1. The van der Waals surface area contributed by atoms with Crippen molar-refractivity contribution in [2.75, 3.05) is 38.2 Å². The number of fused-ring (bicyclic) bond motifs is 1. The lowest BCUT2D eigenvalue weighted by Crippen LogP contribution is -2.43. The first-order chi connectivity index (χ1) is 15.4. The standard InChI is InChI=1S/C23H28N2O6S/c1-3-29-20-9-7-19(13-16(20)2)32(27,28)25-10-4-5-17(15-25)23(26)24-18-6-8-21-22(14-18)31-12-11-30-21/h6-9,13-14,17H,3-5,10-12,15H2,1-2H3,(H,24,26)/t17-/m1/s1. The molecule has 2 aliphatic rings. The molecule has 9 heteroatoms. The second-order valence-corrected chi connectivity index (χ2v) is 9.85. The van der Waals surface area contributed by atoms with Crippen molar-refractivity contribution in [2.24, 2.45) is 5.92 Å². The van der Waals surface area contributed by atoms with Gasteiger partial charge in [-0.15, -0.1) is 0 Å². The quantitative estimate of drug-likeness (QED) is 0.712. The highest BCUT2D eigenvalue weighted by molar-refractivity contribution is 7.89. The van der Waals surface area contributed by atoms with Crippen LogP contribution in [0.15, 0.2) is 41.3 Å². The van der Waals surface area contributed by atoms with E-state index in [0.29, 0.717) is 62.1 Å². The van der Waals surface area contributed by atoms with Gasteiger partial charge in [-0.05, 0) is 62.6 Å². The van der Waals surface area contributed by atoms with Crippen molar-refractivity contribution in [2.45, 2.75) is 31.6 Å². The Morgan fingerprint density at radius 2 is 1.94 bits per heavy atom. The first-order valence-corrected chi connectivity index (χ1v) is 12.3. The third-order valence-corrected chi connectivity index (χ3v) is 7.51. The van der Waals surface area contributed by atoms with E-state index >= 15 is 0 Å². The van der Waals surface area contributed by atoms with E-state index < -0.39 is 15.9 Å². The molecule has 0 spiro atoms. The van der Waals surface area contributed by atoms with Crippen LogP contribution < -0.4 is 19.5 Å². The fourth-order valence-corrected chi connectivity index (χ4v) is 5.60. The molecule has 2 aromatic carbocycles. The van der Waals surface area contributed by atoms with Gasteiger partial charge < -0.3 is 19.5 Å². The normalized spacial score (nSPS) is 18.8. The smallest absolute Gasteiger partial charge is 0.243 e. The molecule has 2 aliphatic heterocycles. The lowest BCUT2D eigenvalue weighted by Gasteiger charge is -2.31. The number of anilines is 1. The van der Waals surface area contributed by atoms with Gasteiger partial charge in [0.15, 0.2) is 11.5 Å². The summed E-state index contributed by atoms with van der Waals surface area (Å²) in [5.74, 6) is 1.27. The molecule has 2 heterocycles. The van der Waals surface area contributed by atoms with E-state index in [-0.39, 0.29) is 17.3 Å². The highest BCUT2D eigenvalue weighted by Crippen LogP contribution is 2.33. The number of carbonyl (C=O) groups is 1. The average Bonchev–Trinajstić information content (AvgIpc) is 2.80. The highest BCUT2D eigenvalue weighted by Gasteiger charge is 2.33. The van der Waals surface area contributed by atoms with Crippen LogP contribution in [0.25, 0.3) is 0 Å². The van der Waals surface area contributed by atoms with Crippen LogP contribution in [-0.2, 0) is 14.8 Å². The molecule has 1 amide bonds. The topological polar surface area (TPSA) is 94.2 Å². The van der Waals surface area contributed by atoms with Crippen molar-refractivity contribution >= 4 is 21.6 Å². The molecule has 0 bridgehead atoms. The van der Waals surface area contributed by atoms with Gasteiger partial charge >= 0.3 is 0 Å². The summed E-state index contributed by atoms with van der Waals surface area (Å²) in [6.07, 6.45) is 1.25. The zero-order valence-electron chi connectivity index (χ0n) is 18.3. The van der Waals surface area contributed by atoms with Crippen molar-refractivity contribution in [3.63, 3.8) is 0 Å². The third-order valence-electron chi connectivity index (χ3n) is 5.65. The SMILES string of the molecule is CCOc1ccc(S(=O)(=O)N2CCC[C@@H](C(=O)Nc3ccc4c(c3)OCCO4)C2)cc1C. The molecule has 172 valence electrons. The summed E-state index contributed by atoms with van der Waals surface area (Å²) in [6.45, 7) is 5.72. The molecule has 0 unspecified atom stereocenters. The number of nitrogens with one attached hydrogen (secondary N) is 1. The van der Waals surface area contributed by atoms with Crippen LogP contribution in [0.1, 0.15) is 25.3 Å². The van der Waals surface area contributed by atoms with Gasteiger partial charge in [-0.25, -0.2) is 8.42 Å². The second-order valence-electron chi connectivity index (χ2n) is 7.91. The molecule has 8 nitrogen and oxygen atoms in total. The zero-order valence-corrected chi connectivity index (χ0v) is 19.1. The monoisotopic (exact) mass is 460 g/mol. The molecule has 1 fully saturated rings. The Morgan fingerprint density at radius 1 is 1.16 bits per heavy atom. The van der Waals surface area contributed by atoms with Crippen molar-refractivity contribution in [1.82, 2.24) is 4.31 Å². The number of piperidine rings is 1. The number of nitrogens with zero attached hydrogens (tertiary/aromatic N) is 1. The van der Waals surface area contributed by atoms with Gasteiger partial charge in [0, 0.05) is 24.8 Å². The Morgan fingerprint density at radius 3 is 2.69 bits per heavy atom. The Balaban J connectivity index is 1.45. The lowest BCUT2D eigenvalue weighted by molar-refractivity contribution is -0.120. The molecule has 1 saturated heterocycles. The van der Waals surface area contributed by atoms with Gasteiger partial charge in [0.05, 0.1) is 17.4 Å². The number of hydrogen-bond acceptors (Lipinski definition) is 6. The van der Waals surface area contributed by atoms with Crippen LogP contribution in [0.2, 0.25) is 0 Å². The zero-order chi connectivity index (χ0) is 22.7. The molecular formula is C23H28N2O6S. The van der Waals surface area contributed by atoms with E-state index in [9.17, 15) is 13.2 Å². The minimum absolute atomic E-state index is 0.144. The lowest BCUT2D eigenvalue weighted by atomic mass is 9.98. The van der Waals surface area contributed by atoms with Crippen molar-refractivity contribution < 1.29 is 27.4 Å². The van der Waals surface area contributed by atoms with Crippen molar-refractivity contribution in [3.8, 4) is 17.2 Å². The minimum atomic E-state index is -3.71. The van der Waals surface area contributed by atoms with Crippen LogP contribution in [0.4, 0.5) is 5.69 Å². The predicted octanol–water partition coefficient (Wildman–Crippen LogP) is 3.20. The molecule has 0 saturated carbocycles. The van der Waals surface area contributed by atoms with Gasteiger partial charge in [-0.2, -0.15) is 4.31 Å². The van der Waals surface area contributed by atoms with Crippen molar-refractivity contribution in [1.29, 1.82) is 0 Å². The van der Waals surface area contributed by atoms with Gasteiger partial charge in [0.1, 0.15) is 19.0 Å². The summed E-state index contributed by atoms with van der Waals surface area (Å²) in [7, 11) is -3.71. The number of hydrogen-bond donors (Lipinski definition) is 1. The first kappa shape index (κ1) is 22.4.